The standard InChI is InChI=1S/C25H26ClN5O3/c1-4-34-19-11-9-18(10-12-19)29-13-16(2)14-30-21-22(27-24(29)30)28(3)25(33)31(23(21)32)15-17-7-5-6-8-20(17)26/h5-12,16H,4,13-15H2,1-3H3/t16-/m0/s1. The second-order valence-electron chi connectivity index (χ2n) is 8.66. The van der Waals surface area contributed by atoms with Crippen LogP contribution < -0.4 is 20.9 Å². The molecule has 5 rings (SSSR count). The van der Waals surface area contributed by atoms with Crippen molar-refractivity contribution in [3.05, 3.63) is 80.0 Å². The van der Waals surface area contributed by atoms with Gasteiger partial charge in [-0.3, -0.25) is 13.9 Å². The number of ether oxygens (including phenoxy) is 1. The fraction of sp³-hybridized carbons (Fsp3) is 0.320. The Morgan fingerprint density at radius 2 is 1.82 bits per heavy atom. The Bertz CT molecular complexity index is 1490. The molecule has 0 amide bonds. The van der Waals surface area contributed by atoms with Crippen LogP contribution in [0.2, 0.25) is 5.02 Å². The summed E-state index contributed by atoms with van der Waals surface area (Å²) in [6.45, 7) is 6.17. The van der Waals surface area contributed by atoms with Crippen molar-refractivity contribution in [2.45, 2.75) is 26.9 Å². The van der Waals surface area contributed by atoms with Gasteiger partial charge in [-0.2, -0.15) is 4.98 Å². The molecule has 0 bridgehead atoms. The molecule has 0 N–H and O–H groups in total. The highest BCUT2D eigenvalue weighted by atomic mass is 35.5. The van der Waals surface area contributed by atoms with E-state index in [-0.39, 0.29) is 18.0 Å². The maximum Gasteiger partial charge on any atom is 0.332 e. The molecule has 0 saturated heterocycles. The van der Waals surface area contributed by atoms with Crippen LogP contribution >= 0.6 is 11.6 Å². The molecule has 3 heterocycles. The van der Waals surface area contributed by atoms with Crippen LogP contribution in [0.3, 0.4) is 0 Å². The van der Waals surface area contributed by atoms with Gasteiger partial charge in [-0.25, -0.2) is 4.79 Å². The second kappa shape index (κ2) is 8.68. The van der Waals surface area contributed by atoms with Gasteiger partial charge in [0.1, 0.15) is 5.75 Å². The van der Waals surface area contributed by atoms with Gasteiger partial charge in [-0.05, 0) is 48.7 Å². The van der Waals surface area contributed by atoms with Crippen molar-refractivity contribution in [1.29, 1.82) is 0 Å². The van der Waals surface area contributed by atoms with Crippen molar-refractivity contribution in [2.24, 2.45) is 13.0 Å². The molecular weight excluding hydrogens is 454 g/mol. The number of imidazole rings is 1. The number of benzene rings is 2. The fourth-order valence-corrected chi connectivity index (χ4v) is 4.74. The van der Waals surface area contributed by atoms with Gasteiger partial charge in [0.05, 0.1) is 13.2 Å². The predicted octanol–water partition coefficient (Wildman–Crippen LogP) is 3.78. The molecular formula is C25H26ClN5O3. The molecule has 0 unspecified atom stereocenters. The third-order valence-corrected chi connectivity index (χ3v) is 6.56. The summed E-state index contributed by atoms with van der Waals surface area (Å²) in [6, 6.07) is 15.1. The number of anilines is 2. The molecule has 9 heteroatoms. The number of aromatic nitrogens is 4. The van der Waals surface area contributed by atoms with Crippen molar-refractivity contribution < 1.29 is 4.74 Å². The van der Waals surface area contributed by atoms with Gasteiger partial charge in [0, 0.05) is 30.8 Å². The topological polar surface area (TPSA) is 74.3 Å². The molecule has 1 aliphatic rings. The Hall–Kier alpha value is -3.52. The van der Waals surface area contributed by atoms with Gasteiger partial charge in [0.25, 0.3) is 5.56 Å². The molecule has 1 aliphatic heterocycles. The lowest BCUT2D eigenvalue weighted by molar-refractivity contribution is 0.340. The van der Waals surface area contributed by atoms with Crippen molar-refractivity contribution in [2.75, 3.05) is 18.1 Å². The van der Waals surface area contributed by atoms with Crippen molar-refractivity contribution in [3.8, 4) is 5.75 Å². The first-order chi connectivity index (χ1) is 16.4. The van der Waals surface area contributed by atoms with Gasteiger partial charge in [0.15, 0.2) is 11.2 Å². The van der Waals surface area contributed by atoms with Crippen LogP contribution in [0, 0.1) is 5.92 Å². The van der Waals surface area contributed by atoms with Crippen LogP contribution in [-0.2, 0) is 20.1 Å². The molecule has 0 aliphatic carbocycles. The summed E-state index contributed by atoms with van der Waals surface area (Å²) in [7, 11) is 1.65. The zero-order chi connectivity index (χ0) is 24.0. The summed E-state index contributed by atoms with van der Waals surface area (Å²) in [5.74, 6) is 1.72. The van der Waals surface area contributed by atoms with Crippen LogP contribution in [0.25, 0.3) is 11.2 Å². The highest BCUT2D eigenvalue weighted by Crippen LogP contribution is 2.33. The van der Waals surface area contributed by atoms with E-state index in [0.29, 0.717) is 40.8 Å². The second-order valence-corrected chi connectivity index (χ2v) is 9.07. The number of halogens is 1. The summed E-state index contributed by atoms with van der Waals surface area (Å²) >= 11 is 6.31. The summed E-state index contributed by atoms with van der Waals surface area (Å²) in [4.78, 5) is 33.6. The molecule has 1 atom stereocenters. The normalized spacial score (nSPS) is 15.5. The first kappa shape index (κ1) is 22.3. The molecule has 0 radical (unpaired) electrons. The van der Waals surface area contributed by atoms with E-state index in [9.17, 15) is 9.59 Å². The van der Waals surface area contributed by atoms with E-state index in [1.165, 1.54) is 9.13 Å². The minimum atomic E-state index is -0.423. The number of hydrogen-bond acceptors (Lipinski definition) is 5. The van der Waals surface area contributed by atoms with E-state index < -0.39 is 5.69 Å². The van der Waals surface area contributed by atoms with Gasteiger partial charge in [-0.15, -0.1) is 0 Å². The zero-order valence-electron chi connectivity index (χ0n) is 19.4. The smallest absolute Gasteiger partial charge is 0.332 e. The molecule has 2 aromatic carbocycles. The number of aryl methyl sites for hydroxylation is 1. The van der Waals surface area contributed by atoms with Gasteiger partial charge in [0.2, 0.25) is 5.95 Å². The molecule has 2 aromatic heterocycles. The Kier molecular flexibility index (Phi) is 5.69. The van der Waals surface area contributed by atoms with Gasteiger partial charge in [-0.1, -0.05) is 36.7 Å². The number of fused-ring (bicyclic) bond motifs is 3. The van der Waals surface area contributed by atoms with E-state index in [1.807, 2.05) is 54.0 Å². The van der Waals surface area contributed by atoms with Crippen LogP contribution in [0.4, 0.5) is 11.6 Å². The maximum atomic E-state index is 13.6. The first-order valence-corrected chi connectivity index (χ1v) is 11.7. The molecule has 176 valence electrons. The summed E-state index contributed by atoms with van der Waals surface area (Å²) in [5, 5.41) is 0.516. The average Bonchev–Trinajstić information content (AvgIpc) is 3.21. The number of hydrogen-bond donors (Lipinski definition) is 0. The van der Waals surface area contributed by atoms with Gasteiger partial charge >= 0.3 is 5.69 Å². The first-order valence-electron chi connectivity index (χ1n) is 11.3. The van der Waals surface area contributed by atoms with Crippen LogP contribution in [0.5, 0.6) is 5.75 Å². The van der Waals surface area contributed by atoms with Crippen molar-refractivity contribution in [1.82, 2.24) is 18.7 Å². The Morgan fingerprint density at radius 1 is 1.09 bits per heavy atom. The van der Waals surface area contributed by atoms with E-state index in [1.54, 1.807) is 13.1 Å². The monoisotopic (exact) mass is 479 g/mol. The largest absolute Gasteiger partial charge is 0.494 e. The fourth-order valence-electron chi connectivity index (χ4n) is 4.55. The lowest BCUT2D eigenvalue weighted by atomic mass is 10.1. The summed E-state index contributed by atoms with van der Waals surface area (Å²) in [5.41, 5.74) is 1.68. The highest BCUT2D eigenvalue weighted by molar-refractivity contribution is 6.31. The molecule has 4 aromatic rings. The summed E-state index contributed by atoms with van der Waals surface area (Å²) < 4.78 is 10.2. The Morgan fingerprint density at radius 3 is 2.53 bits per heavy atom. The lowest BCUT2D eigenvalue weighted by Crippen LogP contribution is -2.40. The summed E-state index contributed by atoms with van der Waals surface area (Å²) in [6.07, 6.45) is 0. The number of nitrogens with zero attached hydrogens (tertiary/aromatic N) is 5. The molecule has 0 fully saturated rings. The minimum Gasteiger partial charge on any atom is -0.494 e. The molecule has 0 saturated carbocycles. The van der Waals surface area contributed by atoms with Crippen molar-refractivity contribution >= 4 is 34.4 Å². The van der Waals surface area contributed by atoms with Gasteiger partial charge < -0.3 is 14.2 Å². The lowest BCUT2D eigenvalue weighted by Gasteiger charge is -2.33. The Balaban J connectivity index is 1.67. The highest BCUT2D eigenvalue weighted by Gasteiger charge is 2.30. The third kappa shape index (κ3) is 3.68. The van der Waals surface area contributed by atoms with Crippen LogP contribution in [0.15, 0.2) is 58.1 Å². The minimum absolute atomic E-state index is 0.0970. The third-order valence-electron chi connectivity index (χ3n) is 6.19. The molecule has 34 heavy (non-hydrogen) atoms. The van der Waals surface area contributed by atoms with Crippen LogP contribution in [0.1, 0.15) is 19.4 Å². The Labute approximate surface area is 201 Å². The SMILES string of the molecule is CCOc1ccc(N2C[C@H](C)Cn3c2nc2c3c(=O)n(Cc3ccccc3Cl)c(=O)n2C)cc1. The molecule has 0 spiro atoms. The van der Waals surface area contributed by atoms with Crippen molar-refractivity contribution in [3.63, 3.8) is 0 Å². The predicted molar refractivity (Wildman–Crippen MR) is 134 cm³/mol. The van der Waals surface area contributed by atoms with E-state index in [0.717, 1.165) is 18.0 Å². The van der Waals surface area contributed by atoms with E-state index in [4.69, 9.17) is 21.3 Å². The maximum absolute atomic E-state index is 13.6. The average molecular weight is 480 g/mol. The zero-order valence-corrected chi connectivity index (χ0v) is 20.1. The van der Waals surface area contributed by atoms with Crippen LogP contribution in [-0.4, -0.2) is 31.8 Å². The van der Waals surface area contributed by atoms with E-state index >= 15 is 0 Å². The molecule has 8 nitrogen and oxygen atoms in total. The van der Waals surface area contributed by atoms with E-state index in [2.05, 4.69) is 11.8 Å². The number of rotatable bonds is 5. The quantitative estimate of drug-likeness (QED) is 0.435.